The van der Waals surface area contributed by atoms with Gasteiger partial charge in [0.1, 0.15) is 5.34 Å². The number of hydrogen-bond donors (Lipinski definition) is 0. The smallest absolute Gasteiger partial charge is 0.117 e. The molecule has 0 radical (unpaired) electrons. The number of allylic oxidation sites excluding steroid dienone is 4. The highest BCUT2D eigenvalue weighted by molar-refractivity contribution is 7.62. The summed E-state index contributed by atoms with van der Waals surface area (Å²) in [6.45, 7) is 11.7. The Kier molecular flexibility index (Phi) is 2.81. The van der Waals surface area contributed by atoms with Gasteiger partial charge in [0, 0.05) is 0 Å². The average Bonchev–Trinajstić information content (AvgIpc) is 3.05. The molecule has 1 heterocycles. The largest absolute Gasteiger partial charge is 0.342 e. The van der Waals surface area contributed by atoms with Crippen molar-refractivity contribution in [1.82, 2.24) is 0 Å². The van der Waals surface area contributed by atoms with Crippen LogP contribution in [0.5, 0.6) is 0 Å². The Morgan fingerprint density at radius 1 is 0.889 bits per heavy atom. The van der Waals surface area contributed by atoms with E-state index in [1.165, 1.54) is 43.3 Å². The second-order valence-corrected chi connectivity index (χ2v) is 8.95. The van der Waals surface area contributed by atoms with Crippen molar-refractivity contribution in [2.24, 2.45) is 0 Å². The van der Waals surface area contributed by atoms with E-state index in [4.69, 9.17) is 4.52 Å². The second-order valence-electron chi connectivity index (χ2n) is 6.46. The van der Waals surface area contributed by atoms with E-state index in [1.807, 2.05) is 0 Å². The lowest BCUT2D eigenvalue weighted by atomic mass is 9.97. The van der Waals surface area contributed by atoms with E-state index < -0.39 is 0 Å². The molecule has 1 nitrogen and oxygen atoms in total. The van der Waals surface area contributed by atoms with Crippen LogP contribution in [-0.4, -0.2) is 10.5 Å². The van der Waals surface area contributed by atoms with Gasteiger partial charge in [-0.25, -0.2) is 0 Å². The molecule has 0 N–H and O–H groups in total. The van der Waals surface area contributed by atoms with E-state index >= 15 is 0 Å². The molecule has 0 aromatic rings. The zero-order chi connectivity index (χ0) is 13.1. The van der Waals surface area contributed by atoms with Crippen LogP contribution in [0.3, 0.4) is 0 Å². The Hall–Kier alpha value is -0.130. The summed E-state index contributed by atoms with van der Waals surface area (Å²) in [6, 6.07) is 0. The summed E-state index contributed by atoms with van der Waals surface area (Å²) in [5.74, 6) is 0. The molecule has 1 saturated heterocycles. The Morgan fingerprint density at radius 2 is 1.39 bits per heavy atom. The van der Waals surface area contributed by atoms with Gasteiger partial charge in [-0.2, -0.15) is 0 Å². The van der Waals surface area contributed by atoms with Crippen LogP contribution in [-0.2, 0) is 4.52 Å². The molecule has 2 heteroatoms. The lowest BCUT2D eigenvalue weighted by molar-refractivity contribution is 0.241. The van der Waals surface area contributed by atoms with E-state index in [0.717, 1.165) is 0 Å². The minimum Gasteiger partial charge on any atom is -0.342 e. The maximum absolute atomic E-state index is 6.37. The van der Waals surface area contributed by atoms with Gasteiger partial charge in [-0.15, -0.1) is 0 Å². The molecule has 2 fully saturated rings. The molecule has 1 unspecified atom stereocenters. The van der Waals surface area contributed by atoms with E-state index in [0.29, 0.717) is 5.34 Å². The second kappa shape index (κ2) is 3.93. The van der Waals surface area contributed by atoms with Crippen molar-refractivity contribution in [3.05, 3.63) is 22.3 Å². The average molecular weight is 264 g/mol. The summed E-state index contributed by atoms with van der Waals surface area (Å²) in [5, 5.41) is 0.538. The van der Waals surface area contributed by atoms with Crippen LogP contribution in [0.25, 0.3) is 0 Å². The third-order valence-corrected chi connectivity index (χ3v) is 8.92. The van der Waals surface area contributed by atoms with Crippen molar-refractivity contribution in [3.63, 3.8) is 0 Å². The van der Waals surface area contributed by atoms with Crippen LogP contribution in [0.1, 0.15) is 66.7 Å². The van der Waals surface area contributed by atoms with Gasteiger partial charge in [0.15, 0.2) is 0 Å². The van der Waals surface area contributed by atoms with Gasteiger partial charge in [0.05, 0.1) is 13.3 Å². The van der Waals surface area contributed by atoms with Crippen LogP contribution >= 0.6 is 8.15 Å². The highest BCUT2D eigenvalue weighted by Crippen LogP contribution is 2.84. The van der Waals surface area contributed by atoms with Crippen LogP contribution in [0, 0.1) is 0 Å². The van der Waals surface area contributed by atoms with Crippen LogP contribution < -0.4 is 0 Å². The van der Waals surface area contributed by atoms with Gasteiger partial charge in [-0.1, -0.05) is 30.4 Å². The van der Waals surface area contributed by atoms with Crippen molar-refractivity contribution in [2.45, 2.75) is 77.2 Å². The third-order valence-electron chi connectivity index (χ3n) is 5.79. The first-order chi connectivity index (χ1) is 8.43. The standard InChI is InChI=1S/C16H25OP/c1-11-12(2)14(4)15(5,13(11)3)18-16(17-18)9-7-6-8-10-16/h6-10H2,1-5H3. The Balaban J connectivity index is 1.94. The van der Waals surface area contributed by atoms with Gasteiger partial charge >= 0.3 is 0 Å². The van der Waals surface area contributed by atoms with Crippen molar-refractivity contribution in [1.29, 1.82) is 0 Å². The molecule has 0 amide bonds. The summed E-state index contributed by atoms with van der Waals surface area (Å²) >= 11 is 0. The zero-order valence-corrected chi connectivity index (χ0v) is 13.3. The first-order valence-electron chi connectivity index (χ1n) is 7.29. The Labute approximate surface area is 113 Å². The molecule has 3 aliphatic rings. The van der Waals surface area contributed by atoms with E-state index in [1.54, 1.807) is 11.1 Å². The monoisotopic (exact) mass is 264 g/mol. The minimum absolute atomic E-state index is 0.237. The zero-order valence-electron chi connectivity index (χ0n) is 12.4. The fourth-order valence-electron chi connectivity index (χ4n) is 3.93. The lowest BCUT2D eigenvalue weighted by Crippen LogP contribution is -2.24. The van der Waals surface area contributed by atoms with Crippen LogP contribution in [0.2, 0.25) is 0 Å². The van der Waals surface area contributed by atoms with E-state index in [-0.39, 0.29) is 13.3 Å². The topological polar surface area (TPSA) is 12.5 Å². The summed E-state index contributed by atoms with van der Waals surface area (Å²) < 4.78 is 6.37. The fraction of sp³-hybridized carbons (Fsp3) is 0.750. The first-order valence-corrected chi connectivity index (χ1v) is 8.55. The predicted octanol–water partition coefficient (Wildman–Crippen LogP) is 5.52. The molecule has 1 atom stereocenters. The number of rotatable bonds is 1. The molecule has 18 heavy (non-hydrogen) atoms. The van der Waals surface area contributed by atoms with Gasteiger partial charge in [-0.05, 0) is 58.6 Å². The summed E-state index contributed by atoms with van der Waals surface area (Å²) in [5.41, 5.74) is 6.18. The molecule has 0 aromatic carbocycles. The molecule has 0 aromatic heterocycles. The maximum Gasteiger partial charge on any atom is 0.117 e. The normalized spacial score (nSPS) is 33.5. The van der Waals surface area contributed by atoms with E-state index in [2.05, 4.69) is 34.6 Å². The molecule has 0 bridgehead atoms. The SMILES string of the molecule is CC1=C(C)C(C)(P2OC23CCCCC3)C(C)=C1C. The molecule has 1 aliphatic heterocycles. The molecule has 2 aliphatic carbocycles. The van der Waals surface area contributed by atoms with Crippen molar-refractivity contribution >= 4 is 8.15 Å². The van der Waals surface area contributed by atoms with Crippen molar-refractivity contribution in [3.8, 4) is 0 Å². The fourth-order valence-corrected chi connectivity index (χ4v) is 7.19. The summed E-state index contributed by atoms with van der Waals surface area (Å²) in [4.78, 5) is 0. The van der Waals surface area contributed by atoms with Gasteiger partial charge in [0.2, 0.25) is 0 Å². The minimum atomic E-state index is -0.284. The molecular formula is C16H25OP. The first kappa shape index (κ1) is 12.9. The highest BCUT2D eigenvalue weighted by atomic mass is 31.2. The molecule has 1 saturated carbocycles. The van der Waals surface area contributed by atoms with Gasteiger partial charge in [-0.3, -0.25) is 0 Å². The lowest BCUT2D eigenvalue weighted by Gasteiger charge is -2.30. The number of hydrogen-bond acceptors (Lipinski definition) is 1. The van der Waals surface area contributed by atoms with Gasteiger partial charge in [0.25, 0.3) is 0 Å². The highest BCUT2D eigenvalue weighted by Gasteiger charge is 2.66. The quantitative estimate of drug-likeness (QED) is 0.449. The van der Waals surface area contributed by atoms with E-state index in [9.17, 15) is 0 Å². The van der Waals surface area contributed by atoms with Gasteiger partial charge < -0.3 is 4.52 Å². The molecule has 3 rings (SSSR count). The Morgan fingerprint density at radius 3 is 1.89 bits per heavy atom. The third kappa shape index (κ3) is 1.47. The van der Waals surface area contributed by atoms with Crippen molar-refractivity contribution < 1.29 is 4.52 Å². The van der Waals surface area contributed by atoms with Crippen LogP contribution in [0.15, 0.2) is 22.3 Å². The Bertz CT molecular complexity index is 428. The summed E-state index contributed by atoms with van der Waals surface area (Å²) in [6.07, 6.45) is 6.78. The molecular weight excluding hydrogens is 239 g/mol. The summed E-state index contributed by atoms with van der Waals surface area (Å²) in [7, 11) is -0.284. The van der Waals surface area contributed by atoms with Crippen LogP contribution in [0.4, 0.5) is 0 Å². The molecule has 100 valence electrons. The van der Waals surface area contributed by atoms with Crippen molar-refractivity contribution in [2.75, 3.05) is 0 Å². The predicted molar refractivity (Wildman–Crippen MR) is 79.0 cm³/mol. The maximum atomic E-state index is 6.37. The molecule has 1 spiro atoms.